The number of aromatic nitrogens is 4. The van der Waals surface area contributed by atoms with Crippen molar-refractivity contribution >= 4 is 11.2 Å². The highest BCUT2D eigenvalue weighted by atomic mass is 16.5. The lowest BCUT2D eigenvalue weighted by atomic mass is 10.2. The fraction of sp³-hybridized carbons (Fsp3) is 0.312. The average Bonchev–Trinajstić information content (AvgIpc) is 3.07. The van der Waals surface area contributed by atoms with E-state index >= 15 is 0 Å². The van der Waals surface area contributed by atoms with Crippen molar-refractivity contribution in [2.75, 3.05) is 7.11 Å². The largest absolute Gasteiger partial charge is 0.481 e. The van der Waals surface area contributed by atoms with Crippen molar-refractivity contribution in [1.29, 1.82) is 0 Å². The zero-order valence-electron chi connectivity index (χ0n) is 12.1. The van der Waals surface area contributed by atoms with Crippen LogP contribution in [0.1, 0.15) is 25.2 Å². The van der Waals surface area contributed by atoms with Gasteiger partial charge in [-0.1, -0.05) is 0 Å². The first-order valence-electron chi connectivity index (χ1n) is 7.14. The third kappa shape index (κ3) is 1.88. The van der Waals surface area contributed by atoms with Gasteiger partial charge in [-0.25, -0.2) is 15.0 Å². The first-order valence-corrected chi connectivity index (χ1v) is 7.14. The molecule has 0 fully saturated rings. The molecule has 0 amide bonds. The van der Waals surface area contributed by atoms with Crippen LogP contribution in [-0.4, -0.2) is 26.6 Å². The van der Waals surface area contributed by atoms with Crippen molar-refractivity contribution in [3.05, 3.63) is 36.3 Å². The summed E-state index contributed by atoms with van der Waals surface area (Å²) in [6.07, 6.45) is 3.98. The minimum absolute atomic E-state index is 0.474. The molecule has 1 atom stereocenters. The van der Waals surface area contributed by atoms with Gasteiger partial charge < -0.3 is 9.30 Å². The van der Waals surface area contributed by atoms with Gasteiger partial charge in [-0.15, -0.1) is 0 Å². The smallest absolute Gasteiger partial charge is 0.212 e. The van der Waals surface area contributed by atoms with Crippen LogP contribution in [0.5, 0.6) is 5.88 Å². The molecule has 0 aromatic carbocycles. The molecule has 0 bridgehead atoms. The van der Waals surface area contributed by atoms with E-state index in [2.05, 4.69) is 21.5 Å². The van der Waals surface area contributed by atoms with Gasteiger partial charge >= 0.3 is 0 Å². The molecule has 0 radical (unpaired) electrons. The molecule has 0 N–H and O–H groups in total. The Morgan fingerprint density at radius 2 is 2.10 bits per heavy atom. The predicted molar refractivity (Wildman–Crippen MR) is 80.3 cm³/mol. The Bertz CT molecular complexity index is 807. The summed E-state index contributed by atoms with van der Waals surface area (Å²) in [4.78, 5) is 13.7. The Kier molecular flexibility index (Phi) is 2.67. The lowest BCUT2D eigenvalue weighted by Gasteiger charge is -2.08. The first kappa shape index (κ1) is 12.3. The van der Waals surface area contributed by atoms with Crippen LogP contribution in [0.2, 0.25) is 0 Å². The van der Waals surface area contributed by atoms with Gasteiger partial charge in [-0.2, -0.15) is 0 Å². The number of pyridine rings is 2. The zero-order valence-corrected chi connectivity index (χ0v) is 12.1. The molecule has 5 nitrogen and oxygen atoms in total. The van der Waals surface area contributed by atoms with Gasteiger partial charge in [0.1, 0.15) is 11.3 Å². The molecular weight excluding hydrogens is 264 g/mol. The Balaban J connectivity index is 1.84. The van der Waals surface area contributed by atoms with E-state index in [1.54, 1.807) is 13.3 Å². The van der Waals surface area contributed by atoms with Crippen molar-refractivity contribution in [3.63, 3.8) is 0 Å². The lowest BCUT2D eigenvalue weighted by molar-refractivity contribution is 0.398. The third-order valence-corrected chi connectivity index (χ3v) is 4.08. The van der Waals surface area contributed by atoms with Crippen molar-refractivity contribution in [3.8, 4) is 17.1 Å². The van der Waals surface area contributed by atoms with Crippen LogP contribution in [0.15, 0.2) is 30.5 Å². The first-order chi connectivity index (χ1) is 10.3. The summed E-state index contributed by atoms with van der Waals surface area (Å²) in [6.45, 7) is 2.22. The summed E-state index contributed by atoms with van der Waals surface area (Å²) in [7, 11) is 1.61. The van der Waals surface area contributed by atoms with Crippen LogP contribution in [0.4, 0.5) is 0 Å². The van der Waals surface area contributed by atoms with E-state index in [4.69, 9.17) is 9.72 Å². The maximum atomic E-state index is 5.09. The standard InChI is InChI=1S/C16H16N4O/c1-10-3-7-14-18-13-6-5-12(19-16(13)20(10)14)11-4-8-15(21-2)17-9-11/h4-6,8-10H,3,7H2,1-2H3. The average molecular weight is 280 g/mol. The SMILES string of the molecule is COc1ccc(-c2ccc3nc4n(c3n2)C(C)CC4)cn1. The lowest BCUT2D eigenvalue weighted by Crippen LogP contribution is -2.00. The Morgan fingerprint density at radius 1 is 1.19 bits per heavy atom. The van der Waals surface area contributed by atoms with Gasteiger partial charge in [-0.3, -0.25) is 0 Å². The predicted octanol–water partition coefficient (Wildman–Crippen LogP) is 3.01. The van der Waals surface area contributed by atoms with E-state index in [0.717, 1.165) is 41.1 Å². The van der Waals surface area contributed by atoms with E-state index in [1.165, 1.54) is 0 Å². The molecule has 0 saturated carbocycles. The molecule has 0 aliphatic carbocycles. The normalized spacial score (nSPS) is 17.1. The van der Waals surface area contributed by atoms with Gasteiger partial charge in [0.05, 0.1) is 12.8 Å². The number of hydrogen-bond donors (Lipinski definition) is 0. The van der Waals surface area contributed by atoms with Gasteiger partial charge in [0.2, 0.25) is 5.88 Å². The van der Waals surface area contributed by atoms with E-state index < -0.39 is 0 Å². The van der Waals surface area contributed by atoms with Crippen LogP contribution >= 0.6 is 0 Å². The number of rotatable bonds is 2. The topological polar surface area (TPSA) is 52.8 Å². The van der Waals surface area contributed by atoms with Crippen molar-refractivity contribution < 1.29 is 4.74 Å². The Labute approximate surface area is 122 Å². The third-order valence-electron chi connectivity index (χ3n) is 4.08. The van der Waals surface area contributed by atoms with Crippen LogP contribution in [0, 0.1) is 0 Å². The number of aryl methyl sites for hydroxylation is 1. The highest BCUT2D eigenvalue weighted by Gasteiger charge is 2.23. The molecule has 0 spiro atoms. The molecule has 3 aromatic heterocycles. The molecule has 1 unspecified atom stereocenters. The highest BCUT2D eigenvalue weighted by molar-refractivity contribution is 5.76. The summed E-state index contributed by atoms with van der Waals surface area (Å²) in [5.74, 6) is 1.76. The summed E-state index contributed by atoms with van der Waals surface area (Å²) >= 11 is 0. The van der Waals surface area contributed by atoms with Crippen LogP contribution < -0.4 is 4.74 Å². The Hall–Kier alpha value is -2.43. The highest BCUT2D eigenvalue weighted by Crippen LogP contribution is 2.30. The second-order valence-corrected chi connectivity index (χ2v) is 5.41. The number of methoxy groups -OCH3 is 1. The summed E-state index contributed by atoms with van der Waals surface area (Å²) in [5.41, 5.74) is 3.85. The summed E-state index contributed by atoms with van der Waals surface area (Å²) in [5, 5.41) is 0. The molecule has 4 rings (SSSR count). The fourth-order valence-corrected chi connectivity index (χ4v) is 2.94. The zero-order chi connectivity index (χ0) is 14.4. The Morgan fingerprint density at radius 3 is 2.86 bits per heavy atom. The van der Waals surface area contributed by atoms with Gasteiger partial charge in [0, 0.05) is 30.3 Å². The van der Waals surface area contributed by atoms with E-state index in [-0.39, 0.29) is 0 Å². The molecular formula is C16H16N4O. The van der Waals surface area contributed by atoms with Crippen molar-refractivity contribution in [2.24, 2.45) is 0 Å². The summed E-state index contributed by atoms with van der Waals surface area (Å²) < 4.78 is 7.35. The van der Waals surface area contributed by atoms with E-state index in [0.29, 0.717) is 11.9 Å². The van der Waals surface area contributed by atoms with Crippen molar-refractivity contribution in [1.82, 2.24) is 19.5 Å². The minimum Gasteiger partial charge on any atom is -0.481 e. The molecule has 21 heavy (non-hydrogen) atoms. The second-order valence-electron chi connectivity index (χ2n) is 5.41. The number of imidazole rings is 1. The quantitative estimate of drug-likeness (QED) is 0.724. The summed E-state index contributed by atoms with van der Waals surface area (Å²) in [6, 6.07) is 8.34. The molecule has 4 heterocycles. The maximum absolute atomic E-state index is 5.09. The maximum Gasteiger partial charge on any atom is 0.212 e. The monoisotopic (exact) mass is 280 g/mol. The number of ether oxygens (including phenoxy) is 1. The molecule has 3 aromatic rings. The van der Waals surface area contributed by atoms with Crippen LogP contribution in [-0.2, 0) is 6.42 Å². The molecule has 1 aliphatic rings. The molecule has 5 heteroatoms. The fourth-order valence-electron chi connectivity index (χ4n) is 2.94. The molecule has 0 saturated heterocycles. The van der Waals surface area contributed by atoms with E-state index in [9.17, 15) is 0 Å². The molecule has 1 aliphatic heterocycles. The number of nitrogens with zero attached hydrogens (tertiary/aromatic N) is 4. The number of fused-ring (bicyclic) bond motifs is 3. The van der Waals surface area contributed by atoms with Crippen LogP contribution in [0.3, 0.4) is 0 Å². The second kappa shape index (κ2) is 4.55. The number of hydrogen-bond acceptors (Lipinski definition) is 4. The van der Waals surface area contributed by atoms with Crippen molar-refractivity contribution in [2.45, 2.75) is 25.8 Å². The van der Waals surface area contributed by atoms with Gasteiger partial charge in [-0.05, 0) is 31.5 Å². The van der Waals surface area contributed by atoms with E-state index in [1.807, 2.05) is 24.3 Å². The molecule has 106 valence electrons. The van der Waals surface area contributed by atoms with Crippen LogP contribution in [0.25, 0.3) is 22.4 Å². The van der Waals surface area contributed by atoms with Gasteiger partial charge in [0.15, 0.2) is 5.65 Å². The van der Waals surface area contributed by atoms with Gasteiger partial charge in [0.25, 0.3) is 0 Å². The minimum atomic E-state index is 0.474.